The van der Waals surface area contributed by atoms with Crippen LogP contribution in [0.15, 0.2) is 35.2 Å². The summed E-state index contributed by atoms with van der Waals surface area (Å²) in [6.07, 6.45) is 0. The van der Waals surface area contributed by atoms with Crippen molar-refractivity contribution in [1.29, 1.82) is 0 Å². The highest BCUT2D eigenvalue weighted by Crippen LogP contribution is 2.37. The molecule has 138 valence electrons. The van der Waals surface area contributed by atoms with Gasteiger partial charge in [-0.15, -0.1) is 0 Å². The van der Waals surface area contributed by atoms with Crippen molar-refractivity contribution in [2.24, 2.45) is 5.92 Å². The first-order valence-electron chi connectivity index (χ1n) is 7.84. The number of nitrogen functional groups attached to an aromatic ring is 2. The van der Waals surface area contributed by atoms with Gasteiger partial charge < -0.3 is 11.5 Å². The Morgan fingerprint density at radius 2 is 1.35 bits per heavy atom. The van der Waals surface area contributed by atoms with Crippen LogP contribution in [0.2, 0.25) is 0 Å². The molecule has 0 saturated carbocycles. The molecule has 8 heteroatoms. The van der Waals surface area contributed by atoms with E-state index in [1.54, 1.807) is 12.1 Å². The van der Waals surface area contributed by atoms with Crippen LogP contribution in [0.3, 0.4) is 0 Å². The molecule has 0 aromatic heterocycles. The van der Waals surface area contributed by atoms with Crippen LogP contribution in [0.5, 0.6) is 0 Å². The maximum Gasteiger partial charge on any atom is 0.296 e. The topological polar surface area (TPSA) is 141 Å². The molecule has 2 aromatic rings. The van der Waals surface area contributed by atoms with Crippen molar-refractivity contribution in [3.8, 4) is 0 Å². The summed E-state index contributed by atoms with van der Waals surface area (Å²) in [7, 11) is -4.68. The summed E-state index contributed by atoms with van der Waals surface area (Å²) in [6.45, 7) is 6.50. The molecule has 26 heavy (non-hydrogen) atoms. The van der Waals surface area contributed by atoms with Crippen LogP contribution in [0, 0.1) is 5.92 Å². The van der Waals surface area contributed by atoms with Crippen LogP contribution >= 0.6 is 0 Å². The molecule has 1 aliphatic rings. The Morgan fingerprint density at radius 1 is 0.923 bits per heavy atom. The Morgan fingerprint density at radius 3 is 1.77 bits per heavy atom. The Kier molecular flexibility index (Phi) is 5.20. The molecule has 5 N–H and O–H groups in total. The summed E-state index contributed by atoms with van der Waals surface area (Å²) in [6, 6.07) is 6.96. The van der Waals surface area contributed by atoms with Crippen LogP contribution in [0.25, 0.3) is 0 Å². The molecule has 0 amide bonds. The van der Waals surface area contributed by atoms with Gasteiger partial charge in [-0.3, -0.25) is 14.1 Å². The summed E-state index contributed by atoms with van der Waals surface area (Å²) >= 11 is 0. The molecule has 0 radical (unpaired) electrons. The number of hydrogen-bond donors (Lipinski definition) is 3. The zero-order valence-corrected chi connectivity index (χ0v) is 15.4. The predicted octanol–water partition coefficient (Wildman–Crippen LogP) is 2.54. The number of carbonyl (C=O) groups is 2. The van der Waals surface area contributed by atoms with Crippen molar-refractivity contribution in [3.05, 3.63) is 52.6 Å². The van der Waals surface area contributed by atoms with Crippen LogP contribution in [0.4, 0.5) is 11.4 Å². The van der Waals surface area contributed by atoms with Crippen molar-refractivity contribution in [2.75, 3.05) is 11.5 Å². The van der Waals surface area contributed by atoms with Gasteiger partial charge in [0.2, 0.25) is 0 Å². The molecule has 0 heterocycles. The maximum atomic E-state index is 12.5. The first-order valence-corrected chi connectivity index (χ1v) is 9.28. The largest absolute Gasteiger partial charge is 0.398 e. The Hall–Kier alpha value is -2.71. The monoisotopic (exact) mass is 376 g/mol. The van der Waals surface area contributed by atoms with Gasteiger partial charge in [0.1, 0.15) is 4.90 Å². The van der Waals surface area contributed by atoms with E-state index in [9.17, 15) is 22.6 Å². The second kappa shape index (κ2) is 6.89. The Bertz CT molecular complexity index is 1010. The minimum atomic E-state index is -4.68. The molecule has 0 atom stereocenters. The third kappa shape index (κ3) is 3.47. The van der Waals surface area contributed by atoms with Crippen molar-refractivity contribution in [1.82, 2.24) is 0 Å². The number of hydrogen-bond acceptors (Lipinski definition) is 6. The van der Waals surface area contributed by atoms with Crippen molar-refractivity contribution >= 4 is 33.1 Å². The second-order valence-corrected chi connectivity index (χ2v) is 7.93. The predicted molar refractivity (Wildman–Crippen MR) is 98.9 cm³/mol. The Balaban J connectivity index is 0.000000552. The maximum absolute atomic E-state index is 12.5. The van der Waals surface area contributed by atoms with E-state index in [1.807, 2.05) is 0 Å². The van der Waals surface area contributed by atoms with Gasteiger partial charge in [-0.05, 0) is 12.0 Å². The van der Waals surface area contributed by atoms with E-state index in [0.29, 0.717) is 0 Å². The molecule has 7 nitrogen and oxygen atoms in total. The van der Waals surface area contributed by atoms with E-state index in [4.69, 9.17) is 11.5 Å². The van der Waals surface area contributed by atoms with Crippen molar-refractivity contribution < 1.29 is 22.6 Å². The molecule has 0 aliphatic heterocycles. The van der Waals surface area contributed by atoms with Gasteiger partial charge in [0.25, 0.3) is 10.1 Å². The van der Waals surface area contributed by atoms with Gasteiger partial charge in [-0.1, -0.05) is 45.0 Å². The number of nitrogens with two attached hydrogens (primary N) is 2. The molecule has 0 saturated heterocycles. The number of fused-ring (bicyclic) bond motifs is 2. The first kappa shape index (κ1) is 19.6. The van der Waals surface area contributed by atoms with E-state index in [2.05, 4.69) is 20.8 Å². The molecule has 1 aliphatic carbocycles. The molecule has 2 aromatic carbocycles. The van der Waals surface area contributed by atoms with Gasteiger partial charge in [0.15, 0.2) is 11.6 Å². The average molecular weight is 376 g/mol. The standard InChI is InChI=1S/C14H10N2O5S.C4H10/c15-8-5-9(22(19,20)21)12(16)11-10(8)13(17)6-3-1-2-4-7(6)14(11)18;1-4(2)3/h1-5H,15-16H2,(H,19,20,21);4H,1-3H3. The number of carbonyl (C=O) groups excluding carboxylic acids is 2. The number of ketones is 2. The fourth-order valence-electron chi connectivity index (χ4n) is 2.54. The van der Waals surface area contributed by atoms with Crippen molar-refractivity contribution in [2.45, 2.75) is 25.7 Å². The summed E-state index contributed by atoms with van der Waals surface area (Å²) in [5, 5.41) is 0. The van der Waals surface area contributed by atoms with Gasteiger partial charge >= 0.3 is 0 Å². The lowest BCUT2D eigenvalue weighted by Gasteiger charge is -2.21. The summed E-state index contributed by atoms with van der Waals surface area (Å²) in [4.78, 5) is 24.3. The highest BCUT2D eigenvalue weighted by molar-refractivity contribution is 7.86. The fourth-order valence-corrected chi connectivity index (χ4v) is 3.19. The molecule has 0 bridgehead atoms. The number of rotatable bonds is 1. The lowest BCUT2D eigenvalue weighted by atomic mass is 9.82. The molecular weight excluding hydrogens is 356 g/mol. The summed E-state index contributed by atoms with van der Waals surface area (Å²) < 4.78 is 31.9. The number of anilines is 2. The zero-order valence-electron chi connectivity index (χ0n) is 14.6. The Labute approximate surface area is 151 Å². The third-order valence-electron chi connectivity index (χ3n) is 3.51. The van der Waals surface area contributed by atoms with Gasteiger partial charge in [-0.25, -0.2) is 0 Å². The van der Waals surface area contributed by atoms with E-state index in [0.717, 1.165) is 12.0 Å². The average Bonchev–Trinajstić information content (AvgIpc) is 2.52. The highest BCUT2D eigenvalue weighted by Gasteiger charge is 2.35. The van der Waals surface area contributed by atoms with E-state index in [-0.39, 0.29) is 27.9 Å². The summed E-state index contributed by atoms with van der Waals surface area (Å²) in [5.74, 6) is -0.295. The minimum absolute atomic E-state index is 0.110. The van der Waals surface area contributed by atoms with Gasteiger partial charge in [0, 0.05) is 16.8 Å². The lowest BCUT2D eigenvalue weighted by molar-refractivity contribution is 0.0980. The van der Waals surface area contributed by atoms with Crippen LogP contribution in [0.1, 0.15) is 52.6 Å². The normalized spacial score (nSPS) is 13.0. The third-order valence-corrected chi connectivity index (χ3v) is 4.40. The van der Waals surface area contributed by atoms with E-state index in [1.165, 1.54) is 12.1 Å². The van der Waals surface area contributed by atoms with Gasteiger partial charge in [0.05, 0.1) is 16.8 Å². The van der Waals surface area contributed by atoms with Crippen molar-refractivity contribution in [3.63, 3.8) is 0 Å². The molecule has 0 fully saturated rings. The zero-order chi connectivity index (χ0) is 19.8. The fraction of sp³-hybridized carbons (Fsp3) is 0.222. The molecule has 3 rings (SSSR count). The summed E-state index contributed by atoms with van der Waals surface area (Å²) in [5.41, 5.74) is 10.5. The van der Waals surface area contributed by atoms with Crippen LogP contribution in [-0.2, 0) is 10.1 Å². The first-order chi connectivity index (χ1) is 12.0. The molecule has 0 spiro atoms. The van der Waals surface area contributed by atoms with Gasteiger partial charge in [-0.2, -0.15) is 8.42 Å². The SMILES string of the molecule is CC(C)C.Nc1cc(S(=O)(=O)O)c(N)c2c1C(=O)c1ccccc1C2=O. The second-order valence-electron chi connectivity index (χ2n) is 6.54. The molecule has 0 unspecified atom stereocenters. The smallest absolute Gasteiger partial charge is 0.296 e. The van der Waals surface area contributed by atoms with Crippen LogP contribution < -0.4 is 11.5 Å². The molecular formula is C18H20N2O5S. The lowest BCUT2D eigenvalue weighted by Crippen LogP contribution is -2.25. The van der Waals surface area contributed by atoms with E-state index < -0.39 is 32.3 Å². The number of benzene rings is 2. The quantitative estimate of drug-likeness (QED) is 0.438. The highest BCUT2D eigenvalue weighted by atomic mass is 32.2. The minimum Gasteiger partial charge on any atom is -0.398 e. The van der Waals surface area contributed by atoms with Crippen LogP contribution in [-0.4, -0.2) is 24.5 Å². The van der Waals surface area contributed by atoms with E-state index >= 15 is 0 Å².